The molecule has 1 N–H and O–H groups in total. The number of rotatable bonds is 3. The van der Waals surface area contributed by atoms with Gasteiger partial charge in [0.15, 0.2) is 0 Å². The van der Waals surface area contributed by atoms with Gasteiger partial charge in [-0.15, -0.1) is 0 Å². The van der Waals surface area contributed by atoms with Crippen LogP contribution in [0.15, 0.2) is 0 Å². The van der Waals surface area contributed by atoms with Gasteiger partial charge in [0.25, 0.3) is 0 Å². The van der Waals surface area contributed by atoms with Crippen molar-refractivity contribution >= 4 is 5.91 Å². The molecule has 1 saturated heterocycles. The van der Waals surface area contributed by atoms with Crippen LogP contribution in [-0.2, 0) is 9.53 Å². The Balaban J connectivity index is 2.27. The van der Waals surface area contributed by atoms with E-state index in [1.807, 2.05) is 0 Å². The molecule has 1 rings (SSSR count). The predicted octanol–water partition coefficient (Wildman–Crippen LogP) is 1.48. The maximum Gasteiger partial charge on any atom is 0.411 e. The molecule has 0 aromatic heterocycles. The first kappa shape index (κ1) is 12.3. The summed E-state index contributed by atoms with van der Waals surface area (Å²) < 4.78 is 39.8. The Morgan fingerprint density at radius 1 is 1.40 bits per heavy atom. The van der Waals surface area contributed by atoms with E-state index in [0.29, 0.717) is 13.0 Å². The van der Waals surface area contributed by atoms with Crippen LogP contribution >= 0.6 is 0 Å². The number of halogens is 3. The smallest absolute Gasteiger partial charge is 0.371 e. The van der Waals surface area contributed by atoms with E-state index in [2.05, 4.69) is 10.1 Å². The second kappa shape index (κ2) is 5.34. The molecule has 88 valence electrons. The summed E-state index contributed by atoms with van der Waals surface area (Å²) in [5, 5.41) is 2.64. The Morgan fingerprint density at radius 2 is 2.13 bits per heavy atom. The van der Waals surface area contributed by atoms with E-state index in [0.717, 1.165) is 12.8 Å². The molecule has 1 atom stereocenters. The van der Waals surface area contributed by atoms with Gasteiger partial charge >= 0.3 is 6.18 Å². The molecule has 0 saturated carbocycles. The number of alkyl halides is 3. The highest BCUT2D eigenvalue weighted by Crippen LogP contribution is 2.17. The predicted molar refractivity (Wildman–Crippen MR) is 47.2 cm³/mol. The number of hydrogen-bond donors (Lipinski definition) is 1. The molecule has 1 fully saturated rings. The topological polar surface area (TPSA) is 38.3 Å². The van der Waals surface area contributed by atoms with Crippen LogP contribution in [0.3, 0.4) is 0 Å². The van der Waals surface area contributed by atoms with Gasteiger partial charge in [-0.2, -0.15) is 13.2 Å². The molecule has 3 nitrogen and oxygen atoms in total. The standard InChI is InChI=1S/C9H14F3NO2/c10-9(11,12)6-15-5-7-3-1-2-4-13-8(7)14/h7H,1-6H2,(H,13,14). The largest absolute Gasteiger partial charge is 0.411 e. The lowest BCUT2D eigenvalue weighted by atomic mass is 10.0. The average Bonchev–Trinajstić information content (AvgIpc) is 2.30. The lowest BCUT2D eigenvalue weighted by Crippen LogP contribution is -2.32. The summed E-state index contributed by atoms with van der Waals surface area (Å²) in [5.74, 6) is -0.635. The molecule has 0 radical (unpaired) electrons. The van der Waals surface area contributed by atoms with E-state index in [1.165, 1.54) is 0 Å². The third-order valence-corrected chi connectivity index (χ3v) is 2.23. The first-order valence-electron chi connectivity index (χ1n) is 4.91. The highest BCUT2D eigenvalue weighted by Gasteiger charge is 2.29. The number of ether oxygens (including phenoxy) is 1. The van der Waals surface area contributed by atoms with Crippen molar-refractivity contribution in [2.45, 2.75) is 25.4 Å². The second-order valence-corrected chi connectivity index (χ2v) is 3.61. The van der Waals surface area contributed by atoms with Crippen molar-refractivity contribution in [1.82, 2.24) is 5.32 Å². The van der Waals surface area contributed by atoms with Crippen molar-refractivity contribution in [1.29, 1.82) is 0 Å². The monoisotopic (exact) mass is 225 g/mol. The number of hydrogen-bond acceptors (Lipinski definition) is 2. The molecule has 1 heterocycles. The third kappa shape index (κ3) is 5.01. The zero-order valence-electron chi connectivity index (χ0n) is 8.27. The van der Waals surface area contributed by atoms with Crippen LogP contribution in [0.1, 0.15) is 19.3 Å². The van der Waals surface area contributed by atoms with Gasteiger partial charge in [0.1, 0.15) is 6.61 Å². The summed E-state index contributed by atoms with van der Waals surface area (Å²) >= 11 is 0. The third-order valence-electron chi connectivity index (χ3n) is 2.23. The molecule has 1 aliphatic rings. The summed E-state index contributed by atoms with van der Waals surface area (Å²) in [7, 11) is 0. The van der Waals surface area contributed by atoms with E-state index >= 15 is 0 Å². The number of carbonyl (C=O) groups is 1. The highest BCUT2D eigenvalue weighted by molar-refractivity contribution is 5.78. The maximum atomic E-state index is 11.8. The second-order valence-electron chi connectivity index (χ2n) is 3.61. The minimum Gasteiger partial charge on any atom is -0.371 e. The van der Waals surface area contributed by atoms with E-state index in [4.69, 9.17) is 0 Å². The van der Waals surface area contributed by atoms with Crippen molar-refractivity contribution in [3.8, 4) is 0 Å². The molecule has 0 aromatic rings. The lowest BCUT2D eigenvalue weighted by molar-refractivity contribution is -0.177. The number of amides is 1. The summed E-state index contributed by atoms with van der Waals surface area (Å²) in [4.78, 5) is 11.3. The van der Waals surface area contributed by atoms with Gasteiger partial charge in [-0.05, 0) is 12.8 Å². The summed E-state index contributed by atoms with van der Waals surface area (Å²) in [6.45, 7) is -0.823. The number of carbonyl (C=O) groups excluding carboxylic acids is 1. The van der Waals surface area contributed by atoms with Gasteiger partial charge < -0.3 is 10.1 Å². The molecule has 15 heavy (non-hydrogen) atoms. The molecule has 1 amide bonds. The fourth-order valence-electron chi connectivity index (χ4n) is 1.48. The van der Waals surface area contributed by atoms with E-state index in [9.17, 15) is 18.0 Å². The molecular formula is C9H14F3NO2. The molecule has 1 unspecified atom stereocenters. The number of nitrogens with one attached hydrogen (secondary N) is 1. The Kier molecular flexibility index (Phi) is 4.38. The summed E-state index contributed by atoms with van der Waals surface area (Å²) in [5.41, 5.74) is 0. The van der Waals surface area contributed by atoms with E-state index in [-0.39, 0.29) is 12.5 Å². The Bertz CT molecular complexity index is 218. The molecule has 0 aromatic carbocycles. The maximum absolute atomic E-state index is 11.8. The van der Waals surface area contributed by atoms with Crippen LogP contribution in [-0.4, -0.2) is 31.8 Å². The van der Waals surface area contributed by atoms with Gasteiger partial charge in [-0.1, -0.05) is 6.42 Å². The summed E-state index contributed by atoms with van der Waals surface area (Å²) in [6.07, 6.45) is -1.99. The van der Waals surface area contributed by atoms with E-state index in [1.54, 1.807) is 0 Å². The first-order chi connectivity index (χ1) is 6.99. The average molecular weight is 225 g/mol. The molecular weight excluding hydrogens is 211 g/mol. The van der Waals surface area contributed by atoms with Gasteiger partial charge in [-0.25, -0.2) is 0 Å². The van der Waals surface area contributed by atoms with Crippen LogP contribution in [0.4, 0.5) is 13.2 Å². The van der Waals surface area contributed by atoms with Crippen molar-refractivity contribution in [3.05, 3.63) is 0 Å². The molecule has 0 bridgehead atoms. The molecule has 1 aliphatic heterocycles. The molecule has 0 spiro atoms. The van der Waals surface area contributed by atoms with Crippen molar-refractivity contribution in [3.63, 3.8) is 0 Å². The van der Waals surface area contributed by atoms with Crippen LogP contribution in [0.5, 0.6) is 0 Å². The van der Waals surface area contributed by atoms with Gasteiger partial charge in [-0.3, -0.25) is 4.79 Å². The SMILES string of the molecule is O=C1NCCCCC1COCC(F)(F)F. The summed E-state index contributed by atoms with van der Waals surface area (Å²) in [6, 6.07) is 0. The Morgan fingerprint density at radius 3 is 2.80 bits per heavy atom. The minimum atomic E-state index is -4.32. The normalized spacial score (nSPS) is 23.4. The fraction of sp³-hybridized carbons (Fsp3) is 0.889. The fourth-order valence-corrected chi connectivity index (χ4v) is 1.48. The molecule has 6 heteroatoms. The highest BCUT2D eigenvalue weighted by atomic mass is 19.4. The van der Waals surface area contributed by atoms with Gasteiger partial charge in [0, 0.05) is 6.54 Å². The minimum absolute atomic E-state index is 0.147. The van der Waals surface area contributed by atoms with Crippen molar-refractivity contribution < 1.29 is 22.7 Å². The van der Waals surface area contributed by atoms with Crippen molar-refractivity contribution in [2.75, 3.05) is 19.8 Å². The van der Waals surface area contributed by atoms with E-state index < -0.39 is 18.7 Å². The van der Waals surface area contributed by atoms with Crippen molar-refractivity contribution in [2.24, 2.45) is 5.92 Å². The zero-order chi connectivity index (χ0) is 11.3. The van der Waals surface area contributed by atoms with Gasteiger partial charge in [0.2, 0.25) is 5.91 Å². The zero-order valence-corrected chi connectivity index (χ0v) is 8.27. The lowest BCUT2D eigenvalue weighted by Gasteiger charge is -2.14. The van der Waals surface area contributed by atoms with Gasteiger partial charge in [0.05, 0.1) is 12.5 Å². The van der Waals surface area contributed by atoms with Crippen LogP contribution in [0, 0.1) is 5.92 Å². The Labute approximate surface area is 86.0 Å². The van der Waals surface area contributed by atoms with Crippen LogP contribution in [0.2, 0.25) is 0 Å². The molecule has 0 aliphatic carbocycles. The first-order valence-corrected chi connectivity index (χ1v) is 4.91. The van der Waals surface area contributed by atoms with Crippen LogP contribution in [0.25, 0.3) is 0 Å². The van der Waals surface area contributed by atoms with Crippen LogP contribution < -0.4 is 5.32 Å². The quantitative estimate of drug-likeness (QED) is 0.790. The Hall–Kier alpha value is -0.780.